The van der Waals surface area contributed by atoms with Gasteiger partial charge in [0, 0.05) is 52.9 Å². The van der Waals surface area contributed by atoms with Crippen molar-refractivity contribution < 1.29 is 9.53 Å². The summed E-state index contributed by atoms with van der Waals surface area (Å²) >= 11 is 0. The molecule has 0 aliphatic carbocycles. The van der Waals surface area contributed by atoms with Gasteiger partial charge in [0.25, 0.3) is 0 Å². The van der Waals surface area contributed by atoms with Crippen molar-refractivity contribution in [3.05, 3.63) is 0 Å². The lowest BCUT2D eigenvalue weighted by molar-refractivity contribution is -0.125. The Hall–Kier alpha value is -0.690. The van der Waals surface area contributed by atoms with Crippen molar-refractivity contribution in [3.8, 4) is 0 Å². The summed E-state index contributed by atoms with van der Waals surface area (Å²) in [5.41, 5.74) is 0. The zero-order valence-corrected chi connectivity index (χ0v) is 12.4. The van der Waals surface area contributed by atoms with E-state index in [2.05, 4.69) is 20.4 Å². The van der Waals surface area contributed by atoms with E-state index < -0.39 is 0 Å². The molecule has 1 saturated heterocycles. The van der Waals surface area contributed by atoms with E-state index in [4.69, 9.17) is 4.74 Å². The van der Waals surface area contributed by atoms with Gasteiger partial charge in [0.1, 0.15) is 0 Å². The second-order valence-electron chi connectivity index (χ2n) is 5.03. The Morgan fingerprint density at radius 1 is 1.47 bits per heavy atom. The van der Waals surface area contributed by atoms with Crippen LogP contribution in [-0.2, 0) is 9.53 Å². The molecule has 6 heteroatoms. The molecule has 2 N–H and O–H groups in total. The van der Waals surface area contributed by atoms with E-state index in [1.54, 1.807) is 7.11 Å². The molecule has 6 nitrogen and oxygen atoms in total. The molecule has 1 heterocycles. The zero-order valence-electron chi connectivity index (χ0n) is 12.4. The molecule has 0 radical (unpaired) electrons. The van der Waals surface area contributed by atoms with Crippen LogP contribution in [0.1, 0.15) is 6.92 Å². The summed E-state index contributed by atoms with van der Waals surface area (Å²) in [6.07, 6.45) is 0. The van der Waals surface area contributed by atoms with Crippen LogP contribution in [0.25, 0.3) is 0 Å². The fourth-order valence-electron chi connectivity index (χ4n) is 2.05. The van der Waals surface area contributed by atoms with Gasteiger partial charge in [-0.05, 0) is 14.0 Å². The number of rotatable bonds is 8. The third kappa shape index (κ3) is 6.33. The maximum absolute atomic E-state index is 11.9. The largest absolute Gasteiger partial charge is 0.383 e. The number of likely N-dealkylation sites (N-methyl/N-ethyl adjacent to an activating group) is 1. The van der Waals surface area contributed by atoms with Crippen molar-refractivity contribution in [1.82, 2.24) is 20.4 Å². The third-order valence-electron chi connectivity index (χ3n) is 3.62. The quantitative estimate of drug-likeness (QED) is 0.554. The zero-order chi connectivity index (χ0) is 14.1. The Bertz CT molecular complexity index is 257. The van der Waals surface area contributed by atoms with Crippen molar-refractivity contribution in [2.45, 2.75) is 13.0 Å². The number of hydrogen-bond donors (Lipinski definition) is 2. The topological polar surface area (TPSA) is 56.8 Å². The summed E-state index contributed by atoms with van der Waals surface area (Å²) in [4.78, 5) is 16.4. The SMILES string of the molecule is COCCNC(=O)C(C)N(C)CCN1CCNCC1. The molecule has 1 aliphatic heterocycles. The van der Waals surface area contributed by atoms with Crippen molar-refractivity contribution in [1.29, 1.82) is 0 Å². The molecule has 1 rings (SSSR count). The molecule has 0 saturated carbocycles. The normalized spacial score (nSPS) is 18.5. The van der Waals surface area contributed by atoms with Crippen LogP contribution in [0, 0.1) is 0 Å². The van der Waals surface area contributed by atoms with Crippen LogP contribution in [0.4, 0.5) is 0 Å². The minimum absolute atomic E-state index is 0.0693. The molecule has 0 bridgehead atoms. The van der Waals surface area contributed by atoms with Gasteiger partial charge in [0.05, 0.1) is 12.6 Å². The first-order valence-electron chi connectivity index (χ1n) is 7.05. The Morgan fingerprint density at radius 2 is 2.16 bits per heavy atom. The average Bonchev–Trinajstić information content (AvgIpc) is 2.45. The molecule has 1 fully saturated rings. The number of ether oxygens (including phenoxy) is 1. The van der Waals surface area contributed by atoms with Crippen LogP contribution in [0.5, 0.6) is 0 Å². The van der Waals surface area contributed by atoms with Gasteiger partial charge in [-0.1, -0.05) is 0 Å². The summed E-state index contributed by atoms with van der Waals surface area (Å²) in [7, 11) is 3.64. The number of nitrogens with one attached hydrogen (secondary N) is 2. The van der Waals surface area contributed by atoms with Crippen molar-refractivity contribution in [3.63, 3.8) is 0 Å². The Labute approximate surface area is 116 Å². The summed E-state index contributed by atoms with van der Waals surface area (Å²) in [5.74, 6) is 0.0693. The molecular weight excluding hydrogens is 244 g/mol. The number of piperazine rings is 1. The Morgan fingerprint density at radius 3 is 2.79 bits per heavy atom. The predicted octanol–water partition coefficient (Wildman–Crippen LogP) is -1.03. The van der Waals surface area contributed by atoms with Gasteiger partial charge in [0.2, 0.25) is 5.91 Å². The molecule has 0 aromatic carbocycles. The van der Waals surface area contributed by atoms with Gasteiger partial charge in [0.15, 0.2) is 0 Å². The standard InChI is InChI=1S/C13H28N4O2/c1-12(13(18)15-6-11-19-3)16(2)9-10-17-7-4-14-5-8-17/h12,14H,4-11H2,1-3H3,(H,15,18). The third-order valence-corrected chi connectivity index (χ3v) is 3.62. The van der Waals surface area contributed by atoms with Gasteiger partial charge >= 0.3 is 0 Å². The predicted molar refractivity (Wildman–Crippen MR) is 76.3 cm³/mol. The van der Waals surface area contributed by atoms with Gasteiger partial charge < -0.3 is 15.4 Å². The maximum atomic E-state index is 11.9. The minimum Gasteiger partial charge on any atom is -0.383 e. The lowest BCUT2D eigenvalue weighted by atomic mass is 10.2. The van der Waals surface area contributed by atoms with E-state index in [0.717, 1.165) is 39.3 Å². The van der Waals surface area contributed by atoms with Crippen LogP contribution in [0.3, 0.4) is 0 Å². The summed E-state index contributed by atoms with van der Waals surface area (Å²) in [6.45, 7) is 9.35. The lowest BCUT2D eigenvalue weighted by Gasteiger charge is -2.30. The van der Waals surface area contributed by atoms with Crippen LogP contribution in [0.15, 0.2) is 0 Å². The van der Waals surface area contributed by atoms with Crippen molar-refractivity contribution >= 4 is 5.91 Å². The molecule has 0 spiro atoms. The highest BCUT2D eigenvalue weighted by atomic mass is 16.5. The number of carbonyl (C=O) groups excluding carboxylic acids is 1. The van der Waals surface area contributed by atoms with E-state index in [-0.39, 0.29) is 11.9 Å². The van der Waals surface area contributed by atoms with Crippen LogP contribution in [-0.4, -0.2) is 88.3 Å². The highest BCUT2D eigenvalue weighted by Gasteiger charge is 2.18. The number of amides is 1. The first kappa shape index (κ1) is 16.4. The molecule has 0 aromatic rings. The fraction of sp³-hybridized carbons (Fsp3) is 0.923. The van der Waals surface area contributed by atoms with E-state index in [9.17, 15) is 4.79 Å². The summed E-state index contributed by atoms with van der Waals surface area (Å²) in [6, 6.07) is -0.0974. The Balaban J connectivity index is 2.19. The molecule has 1 aliphatic rings. The van der Waals surface area contributed by atoms with Crippen molar-refractivity contribution in [2.75, 3.05) is 66.6 Å². The maximum Gasteiger partial charge on any atom is 0.237 e. The number of nitrogens with zero attached hydrogens (tertiary/aromatic N) is 2. The monoisotopic (exact) mass is 272 g/mol. The van der Waals surface area contributed by atoms with Crippen LogP contribution in [0.2, 0.25) is 0 Å². The summed E-state index contributed by atoms with van der Waals surface area (Å²) < 4.78 is 4.92. The van der Waals surface area contributed by atoms with Gasteiger partial charge in [-0.2, -0.15) is 0 Å². The van der Waals surface area contributed by atoms with E-state index in [0.29, 0.717) is 13.2 Å². The van der Waals surface area contributed by atoms with E-state index >= 15 is 0 Å². The lowest BCUT2D eigenvalue weighted by Crippen LogP contribution is -2.49. The Kier molecular flexibility index (Phi) is 7.97. The second-order valence-corrected chi connectivity index (χ2v) is 5.03. The smallest absolute Gasteiger partial charge is 0.237 e. The fourth-order valence-corrected chi connectivity index (χ4v) is 2.05. The first-order valence-corrected chi connectivity index (χ1v) is 7.05. The highest BCUT2D eigenvalue weighted by Crippen LogP contribution is 1.98. The highest BCUT2D eigenvalue weighted by molar-refractivity contribution is 5.81. The molecule has 1 atom stereocenters. The van der Waals surface area contributed by atoms with Gasteiger partial charge in [-0.25, -0.2) is 0 Å². The number of carbonyl (C=O) groups is 1. The van der Waals surface area contributed by atoms with E-state index in [1.807, 2.05) is 14.0 Å². The van der Waals surface area contributed by atoms with Crippen molar-refractivity contribution in [2.24, 2.45) is 0 Å². The second kappa shape index (κ2) is 9.25. The average molecular weight is 272 g/mol. The van der Waals surface area contributed by atoms with Gasteiger partial charge in [-0.15, -0.1) is 0 Å². The molecule has 0 aromatic heterocycles. The molecular formula is C13H28N4O2. The molecule has 1 amide bonds. The van der Waals surface area contributed by atoms with Crippen LogP contribution < -0.4 is 10.6 Å². The number of methoxy groups -OCH3 is 1. The molecule has 112 valence electrons. The van der Waals surface area contributed by atoms with Crippen LogP contribution >= 0.6 is 0 Å². The summed E-state index contributed by atoms with van der Waals surface area (Å²) in [5, 5.41) is 6.21. The number of hydrogen-bond acceptors (Lipinski definition) is 5. The first-order chi connectivity index (χ1) is 9.15. The molecule has 1 unspecified atom stereocenters. The minimum atomic E-state index is -0.0974. The van der Waals surface area contributed by atoms with E-state index in [1.165, 1.54) is 0 Å². The van der Waals surface area contributed by atoms with Gasteiger partial charge in [-0.3, -0.25) is 14.6 Å². The molecule has 19 heavy (non-hydrogen) atoms.